The molecule has 8 nitrogen and oxygen atoms in total. The summed E-state index contributed by atoms with van der Waals surface area (Å²) < 4.78 is 0. The first-order chi connectivity index (χ1) is 22.0. The molecule has 2 aromatic rings. The normalized spacial score (nSPS) is 11.2. The number of nitrogens with zero attached hydrogens (tertiary/aromatic N) is 2. The summed E-state index contributed by atoms with van der Waals surface area (Å²) in [6, 6.07) is 15.6. The summed E-state index contributed by atoms with van der Waals surface area (Å²) in [4.78, 5) is 29.8. The van der Waals surface area contributed by atoms with E-state index in [1.807, 2.05) is 48.5 Å². The van der Waals surface area contributed by atoms with Crippen LogP contribution < -0.4 is 21.3 Å². The van der Waals surface area contributed by atoms with Crippen LogP contribution in [0.1, 0.15) is 103 Å². The van der Waals surface area contributed by atoms with E-state index in [9.17, 15) is 9.59 Å². The highest BCUT2D eigenvalue weighted by Crippen LogP contribution is 2.16. The lowest BCUT2D eigenvalue weighted by molar-refractivity contribution is 0.246. The Morgan fingerprint density at radius 3 is 1.11 bits per heavy atom. The minimum atomic E-state index is -0.163. The zero-order chi connectivity index (χ0) is 32.5. The fourth-order valence-corrected chi connectivity index (χ4v) is 5.21. The van der Waals surface area contributed by atoms with Gasteiger partial charge in [-0.15, -0.1) is 0 Å². The van der Waals surface area contributed by atoms with Gasteiger partial charge in [-0.25, -0.2) is 9.59 Å². The summed E-state index contributed by atoms with van der Waals surface area (Å²) in [5.41, 5.74) is 3.88. The Hall–Kier alpha value is -3.10. The summed E-state index contributed by atoms with van der Waals surface area (Å²) in [6.07, 6.45) is 12.5. The highest BCUT2D eigenvalue weighted by atomic mass is 16.2. The molecule has 4 N–H and O–H groups in total. The van der Waals surface area contributed by atoms with Gasteiger partial charge >= 0.3 is 12.1 Å². The number of nitrogens with one attached hydrogen (secondary N) is 4. The number of carbonyl (C=O) groups is 2. The Bertz CT molecular complexity index is 944. The van der Waals surface area contributed by atoms with Crippen molar-refractivity contribution in [2.24, 2.45) is 0 Å². The van der Waals surface area contributed by atoms with Crippen LogP contribution >= 0.6 is 0 Å². The molecule has 0 saturated heterocycles. The minimum Gasteiger partial charge on any atom is -0.338 e. The van der Waals surface area contributed by atoms with Crippen LogP contribution in [0.15, 0.2) is 48.5 Å². The van der Waals surface area contributed by atoms with Gasteiger partial charge in [0.1, 0.15) is 0 Å². The molecular weight excluding hydrogens is 560 g/mol. The standard InChI is InChI=1S/C37H62N6O2/c1-5-9-25-42(26-10-6-2)29-13-23-38-36(44)40-34-19-15-32(16-20-34)31-33-17-21-35(22-18-33)41-37(45)39-24-14-30-43(27-11-7-3)28-12-8-4/h15-22H,5-14,23-31H2,1-4H3,(H2,38,40,44)(H2,39,41,45). The van der Waals surface area contributed by atoms with Crippen molar-refractivity contribution in [3.05, 3.63) is 59.7 Å². The third-order valence-corrected chi connectivity index (χ3v) is 8.02. The predicted octanol–water partition coefficient (Wildman–Crippen LogP) is 8.11. The van der Waals surface area contributed by atoms with Gasteiger partial charge in [-0.3, -0.25) is 0 Å². The van der Waals surface area contributed by atoms with Crippen molar-refractivity contribution in [2.45, 2.75) is 98.3 Å². The van der Waals surface area contributed by atoms with Crippen LogP contribution in [0.5, 0.6) is 0 Å². The van der Waals surface area contributed by atoms with Crippen molar-refractivity contribution in [1.82, 2.24) is 20.4 Å². The van der Waals surface area contributed by atoms with Crippen molar-refractivity contribution < 1.29 is 9.59 Å². The number of urea groups is 2. The number of hydrogen-bond acceptors (Lipinski definition) is 4. The first-order valence-corrected chi connectivity index (χ1v) is 17.7. The first kappa shape index (κ1) is 38.1. The molecule has 0 aromatic heterocycles. The molecule has 0 fully saturated rings. The van der Waals surface area contributed by atoms with Gasteiger partial charge in [-0.05, 0) is 120 Å². The van der Waals surface area contributed by atoms with E-state index < -0.39 is 0 Å². The summed E-state index contributed by atoms with van der Waals surface area (Å²) in [5, 5.41) is 11.9. The van der Waals surface area contributed by atoms with E-state index in [1.165, 1.54) is 51.4 Å². The quantitative estimate of drug-likeness (QED) is 0.0891. The molecule has 0 aliphatic rings. The second-order valence-corrected chi connectivity index (χ2v) is 12.1. The van der Waals surface area contributed by atoms with E-state index in [0.717, 1.165) is 81.0 Å². The van der Waals surface area contributed by atoms with Crippen molar-refractivity contribution in [3.63, 3.8) is 0 Å². The second-order valence-electron chi connectivity index (χ2n) is 12.1. The second kappa shape index (κ2) is 24.2. The van der Waals surface area contributed by atoms with E-state index in [2.05, 4.69) is 58.8 Å². The van der Waals surface area contributed by atoms with Crippen molar-refractivity contribution >= 4 is 23.4 Å². The van der Waals surface area contributed by atoms with Crippen LogP contribution in [0.4, 0.5) is 21.0 Å². The molecule has 45 heavy (non-hydrogen) atoms. The van der Waals surface area contributed by atoms with Crippen molar-refractivity contribution in [1.29, 1.82) is 0 Å². The molecule has 0 saturated carbocycles. The van der Waals surface area contributed by atoms with Crippen LogP contribution in [0, 0.1) is 0 Å². The van der Waals surface area contributed by atoms with Crippen LogP contribution in [-0.2, 0) is 6.42 Å². The van der Waals surface area contributed by atoms with Crippen LogP contribution in [0.25, 0.3) is 0 Å². The van der Waals surface area contributed by atoms with Gasteiger partial charge in [0.2, 0.25) is 0 Å². The highest BCUT2D eigenvalue weighted by Gasteiger charge is 2.07. The van der Waals surface area contributed by atoms with Gasteiger partial charge in [-0.1, -0.05) is 77.6 Å². The third-order valence-electron chi connectivity index (χ3n) is 8.02. The molecule has 4 amide bonds. The zero-order valence-corrected chi connectivity index (χ0v) is 28.8. The molecule has 252 valence electrons. The van der Waals surface area contributed by atoms with E-state index in [-0.39, 0.29) is 12.1 Å². The number of amides is 4. The lowest BCUT2D eigenvalue weighted by Crippen LogP contribution is -2.33. The maximum Gasteiger partial charge on any atom is 0.319 e. The molecule has 2 aromatic carbocycles. The molecule has 2 rings (SSSR count). The molecule has 0 atom stereocenters. The fraction of sp³-hybridized carbons (Fsp3) is 0.622. The lowest BCUT2D eigenvalue weighted by Gasteiger charge is -2.22. The Morgan fingerprint density at radius 2 is 0.800 bits per heavy atom. The predicted molar refractivity (Wildman–Crippen MR) is 191 cm³/mol. The van der Waals surface area contributed by atoms with E-state index in [0.29, 0.717) is 13.1 Å². The van der Waals surface area contributed by atoms with Gasteiger partial charge < -0.3 is 31.1 Å². The van der Waals surface area contributed by atoms with E-state index in [4.69, 9.17) is 0 Å². The largest absolute Gasteiger partial charge is 0.338 e. The maximum absolute atomic E-state index is 12.4. The van der Waals surface area contributed by atoms with Gasteiger partial charge in [0.05, 0.1) is 0 Å². The average molecular weight is 623 g/mol. The molecule has 0 aliphatic heterocycles. The monoisotopic (exact) mass is 622 g/mol. The zero-order valence-electron chi connectivity index (χ0n) is 28.8. The Labute approximate surface area is 274 Å². The Morgan fingerprint density at radius 1 is 0.489 bits per heavy atom. The SMILES string of the molecule is CCCCN(CCCC)CCCNC(=O)Nc1ccc(Cc2ccc(NC(=O)NCCCN(CCCC)CCCC)cc2)cc1. The Kier molecular flexibility index (Phi) is 20.5. The number of carbonyl (C=O) groups excluding carboxylic acids is 2. The highest BCUT2D eigenvalue weighted by molar-refractivity contribution is 5.89. The van der Waals surface area contributed by atoms with E-state index >= 15 is 0 Å². The van der Waals surface area contributed by atoms with Gasteiger partial charge in [0.25, 0.3) is 0 Å². The molecule has 0 unspecified atom stereocenters. The average Bonchev–Trinajstić information content (AvgIpc) is 3.05. The van der Waals surface area contributed by atoms with Crippen LogP contribution in [-0.4, -0.2) is 74.2 Å². The first-order valence-electron chi connectivity index (χ1n) is 17.7. The summed E-state index contributed by atoms with van der Waals surface area (Å²) in [6.45, 7) is 16.9. The van der Waals surface area contributed by atoms with Crippen LogP contribution in [0.2, 0.25) is 0 Å². The summed E-state index contributed by atoms with van der Waals surface area (Å²) in [5.74, 6) is 0. The molecule has 0 spiro atoms. The lowest BCUT2D eigenvalue weighted by atomic mass is 10.0. The maximum atomic E-state index is 12.4. The summed E-state index contributed by atoms with van der Waals surface area (Å²) >= 11 is 0. The van der Waals surface area contributed by atoms with Gasteiger partial charge in [0.15, 0.2) is 0 Å². The smallest absolute Gasteiger partial charge is 0.319 e. The topological polar surface area (TPSA) is 88.7 Å². The van der Waals surface area contributed by atoms with Crippen molar-refractivity contribution in [2.75, 3.05) is 63.0 Å². The van der Waals surface area contributed by atoms with Crippen LogP contribution in [0.3, 0.4) is 0 Å². The number of hydrogen-bond donors (Lipinski definition) is 4. The molecular formula is C37H62N6O2. The van der Waals surface area contributed by atoms with Gasteiger partial charge in [-0.2, -0.15) is 0 Å². The molecule has 0 heterocycles. The van der Waals surface area contributed by atoms with Crippen molar-refractivity contribution in [3.8, 4) is 0 Å². The number of rotatable bonds is 24. The summed E-state index contributed by atoms with van der Waals surface area (Å²) in [7, 11) is 0. The third kappa shape index (κ3) is 17.8. The van der Waals surface area contributed by atoms with E-state index in [1.54, 1.807) is 0 Å². The molecule has 8 heteroatoms. The minimum absolute atomic E-state index is 0.163. The number of anilines is 2. The number of unbranched alkanes of at least 4 members (excludes halogenated alkanes) is 4. The molecule has 0 aliphatic carbocycles. The van der Waals surface area contributed by atoms with Gasteiger partial charge in [0, 0.05) is 24.5 Å². The molecule has 0 radical (unpaired) electrons. The fourth-order valence-electron chi connectivity index (χ4n) is 5.21. The number of benzene rings is 2. The molecule has 0 bridgehead atoms. The Balaban J connectivity index is 1.67.